The molecule has 0 aliphatic carbocycles. The molecule has 1 aromatic heterocycles. The molecule has 0 atom stereocenters. The maximum absolute atomic E-state index is 6.62. The molecule has 2 aliphatic rings. The van der Waals surface area contributed by atoms with Gasteiger partial charge in [-0.2, -0.15) is 0 Å². The van der Waals surface area contributed by atoms with Crippen LogP contribution in [0.1, 0.15) is 79.0 Å². The lowest BCUT2D eigenvalue weighted by atomic mass is 9.33. The van der Waals surface area contributed by atoms with Crippen molar-refractivity contribution >= 4 is 107 Å². The lowest BCUT2D eigenvalue weighted by Gasteiger charge is -2.45. The van der Waals surface area contributed by atoms with Crippen LogP contribution in [0, 0.1) is 0 Å². The van der Waals surface area contributed by atoms with Crippen molar-refractivity contribution in [2.24, 2.45) is 0 Å². The second-order valence-corrected chi connectivity index (χ2v) is 27.0. The number of fused-ring (bicyclic) bond motifs is 8. The van der Waals surface area contributed by atoms with Gasteiger partial charge in [-0.15, -0.1) is 0 Å². The minimum Gasteiger partial charge on any atom is -0.455 e. The van der Waals surface area contributed by atoms with Crippen LogP contribution in [0.5, 0.6) is 0 Å². The summed E-state index contributed by atoms with van der Waals surface area (Å²) in [6.07, 6.45) is 0. The van der Waals surface area contributed by atoms with Crippen molar-refractivity contribution in [2.45, 2.75) is 78.6 Å². The van der Waals surface area contributed by atoms with Crippen molar-refractivity contribution in [3.05, 3.63) is 278 Å². The maximum Gasteiger partial charge on any atom is 0.252 e. The van der Waals surface area contributed by atoms with E-state index in [0.717, 1.165) is 72.9 Å². The molecule has 0 bridgehead atoms. The number of nitrogens with zero attached hydrogens (tertiary/aromatic N) is 3. The van der Waals surface area contributed by atoms with Gasteiger partial charge in [-0.05, 0) is 173 Å². The Morgan fingerprint density at radius 1 is 0.333 bits per heavy atom. The number of anilines is 9. The number of furan rings is 1. The van der Waals surface area contributed by atoms with Crippen molar-refractivity contribution in [1.82, 2.24) is 0 Å². The summed E-state index contributed by atoms with van der Waals surface area (Å²) in [6.45, 7) is 20.7. The van der Waals surface area contributed by atoms with E-state index in [1.807, 2.05) is 6.07 Å². The fourth-order valence-electron chi connectivity index (χ4n) is 13.6. The van der Waals surface area contributed by atoms with Crippen LogP contribution in [-0.4, -0.2) is 6.71 Å². The summed E-state index contributed by atoms with van der Waals surface area (Å²) in [7, 11) is 0. The van der Waals surface area contributed by atoms with Crippen LogP contribution in [0.3, 0.4) is 0 Å². The maximum atomic E-state index is 6.62. The third-order valence-electron chi connectivity index (χ3n) is 18.3. The summed E-state index contributed by atoms with van der Waals surface area (Å²) < 4.78 is 6.62. The lowest BCUT2D eigenvalue weighted by Crippen LogP contribution is -2.61. The van der Waals surface area contributed by atoms with Crippen LogP contribution >= 0.6 is 0 Å². The third kappa shape index (κ3) is 9.31. The molecular formula is C82H70BN3O. The normalized spacial score (nSPS) is 13.0. The van der Waals surface area contributed by atoms with Gasteiger partial charge in [0.25, 0.3) is 6.71 Å². The fraction of sp³-hybridized carbons (Fsp3) is 0.146. The van der Waals surface area contributed by atoms with Crippen molar-refractivity contribution in [3.8, 4) is 33.4 Å². The Morgan fingerprint density at radius 3 is 1.48 bits per heavy atom. The van der Waals surface area contributed by atoms with Gasteiger partial charge in [0.1, 0.15) is 11.2 Å². The highest BCUT2D eigenvalue weighted by Crippen LogP contribution is 2.49. The Balaban J connectivity index is 0.986. The molecule has 0 saturated carbocycles. The minimum atomic E-state index is -0.208. The highest BCUT2D eigenvalue weighted by Gasteiger charge is 2.45. The average molecular weight is 1120 g/mol. The molecule has 3 heterocycles. The second-order valence-electron chi connectivity index (χ2n) is 27.0. The smallest absolute Gasteiger partial charge is 0.252 e. The van der Waals surface area contributed by atoms with Crippen molar-refractivity contribution in [2.75, 3.05) is 14.7 Å². The van der Waals surface area contributed by atoms with Gasteiger partial charge in [0.15, 0.2) is 0 Å². The number of hydrogen-bond acceptors (Lipinski definition) is 4. The molecule has 4 nitrogen and oxygen atoms in total. The number of hydrogen-bond donors (Lipinski definition) is 0. The highest BCUT2D eigenvalue weighted by molar-refractivity contribution is 7.00. The van der Waals surface area contributed by atoms with E-state index in [1.165, 1.54) is 77.5 Å². The van der Waals surface area contributed by atoms with Crippen molar-refractivity contribution in [3.63, 3.8) is 0 Å². The van der Waals surface area contributed by atoms with E-state index in [2.05, 4.69) is 332 Å². The van der Waals surface area contributed by atoms with E-state index < -0.39 is 0 Å². The standard InChI is InChI=1S/C82H70BN3O/c1-80(2,3)58-34-42-61(43-35-58)84(62-44-36-59(37-45-62)81(4,5)6)65-46-47-71-74(52-65)86(64-38-29-54(30-39-64)53-19-11-10-12-20-53)76-51-60(82(7,8)9)50-75-78(76)83(71)72-49-57(67-25-17-22-55-21-13-14-23-66(55)67)33-48-73(72)85(75)63-40-31-56(32-41-63)68-26-18-27-70-69-24-15-16-28-77(69)87-79(68)70/h10-52H,1-9H3. The van der Waals surface area contributed by atoms with E-state index in [0.29, 0.717) is 0 Å². The Hall–Kier alpha value is -9.84. The third-order valence-corrected chi connectivity index (χ3v) is 18.3. The van der Waals surface area contributed by atoms with Crippen LogP contribution in [0.2, 0.25) is 0 Å². The largest absolute Gasteiger partial charge is 0.455 e. The van der Waals surface area contributed by atoms with Crippen LogP contribution in [0.15, 0.2) is 265 Å². The number of rotatable bonds is 8. The second kappa shape index (κ2) is 20.4. The first-order valence-corrected chi connectivity index (χ1v) is 30.8. The summed E-state index contributed by atoms with van der Waals surface area (Å²) in [4.78, 5) is 7.59. The van der Waals surface area contributed by atoms with Crippen LogP contribution in [-0.2, 0) is 16.2 Å². The van der Waals surface area contributed by atoms with Gasteiger partial charge in [0.05, 0.1) is 0 Å². The van der Waals surface area contributed by atoms with Gasteiger partial charge in [-0.1, -0.05) is 238 Å². The zero-order chi connectivity index (χ0) is 59.5. The number of para-hydroxylation sites is 2. The Kier molecular flexibility index (Phi) is 12.6. The molecule has 13 aromatic rings. The highest BCUT2D eigenvalue weighted by atomic mass is 16.3. The molecule has 0 saturated heterocycles. The molecule has 0 radical (unpaired) electrons. The summed E-state index contributed by atoms with van der Waals surface area (Å²) in [5.74, 6) is 0. The quantitative estimate of drug-likeness (QED) is 0.141. The number of benzene rings is 12. The molecule has 5 heteroatoms. The molecule has 0 N–H and O–H groups in total. The predicted molar refractivity (Wildman–Crippen MR) is 372 cm³/mol. The molecular weight excluding hydrogens is 1050 g/mol. The first-order chi connectivity index (χ1) is 42.0. The van der Waals surface area contributed by atoms with E-state index in [-0.39, 0.29) is 23.0 Å². The van der Waals surface area contributed by atoms with E-state index >= 15 is 0 Å². The van der Waals surface area contributed by atoms with Gasteiger partial charge < -0.3 is 19.1 Å². The predicted octanol–water partition coefficient (Wildman–Crippen LogP) is 21.2. The summed E-state index contributed by atoms with van der Waals surface area (Å²) >= 11 is 0. The summed E-state index contributed by atoms with van der Waals surface area (Å²) in [6, 6.07) is 97.6. The first kappa shape index (κ1) is 53.9. The van der Waals surface area contributed by atoms with E-state index in [4.69, 9.17) is 4.42 Å². The molecule has 422 valence electrons. The van der Waals surface area contributed by atoms with Gasteiger partial charge in [0, 0.05) is 67.5 Å². The summed E-state index contributed by atoms with van der Waals surface area (Å²) in [5, 5.41) is 4.72. The monoisotopic (exact) mass is 1120 g/mol. The van der Waals surface area contributed by atoms with Crippen molar-refractivity contribution in [1.29, 1.82) is 0 Å². The minimum absolute atomic E-state index is 0.00640. The fourth-order valence-corrected chi connectivity index (χ4v) is 13.6. The SMILES string of the molecule is CC(C)(C)c1ccc(N(c2ccc(C(C)(C)C)cc2)c2ccc3c(c2)N(c2ccc(-c4ccccc4)cc2)c2cc(C(C)(C)C)cc4c2B3c2cc(-c3cccc5ccccc35)ccc2N4c2ccc(-c3cccc4c3oc3ccccc34)cc2)cc1. The molecule has 87 heavy (non-hydrogen) atoms. The van der Waals surface area contributed by atoms with Gasteiger partial charge >= 0.3 is 0 Å². The van der Waals surface area contributed by atoms with E-state index in [1.54, 1.807) is 0 Å². The Labute approximate surface area is 512 Å². The summed E-state index contributed by atoms with van der Waals surface area (Å²) in [5.41, 5.74) is 26.4. The molecule has 0 spiro atoms. The van der Waals surface area contributed by atoms with Crippen LogP contribution < -0.4 is 31.1 Å². The zero-order valence-corrected chi connectivity index (χ0v) is 51.2. The molecule has 0 unspecified atom stereocenters. The van der Waals surface area contributed by atoms with Crippen LogP contribution in [0.25, 0.3) is 66.1 Å². The van der Waals surface area contributed by atoms with Crippen molar-refractivity contribution < 1.29 is 4.42 Å². The average Bonchev–Trinajstić information content (AvgIpc) is 1.16. The first-order valence-electron chi connectivity index (χ1n) is 30.8. The van der Waals surface area contributed by atoms with Gasteiger partial charge in [0.2, 0.25) is 0 Å². The Bertz CT molecular complexity index is 4730. The van der Waals surface area contributed by atoms with Gasteiger partial charge in [-0.3, -0.25) is 0 Å². The van der Waals surface area contributed by atoms with E-state index in [9.17, 15) is 0 Å². The molecule has 12 aromatic carbocycles. The molecule has 15 rings (SSSR count). The molecule has 2 aliphatic heterocycles. The Morgan fingerprint density at radius 2 is 0.839 bits per heavy atom. The lowest BCUT2D eigenvalue weighted by molar-refractivity contribution is 0.590. The molecule has 0 fully saturated rings. The van der Waals surface area contributed by atoms with Gasteiger partial charge in [-0.25, -0.2) is 0 Å². The topological polar surface area (TPSA) is 22.9 Å². The molecule has 0 amide bonds. The zero-order valence-electron chi connectivity index (χ0n) is 51.2. The van der Waals surface area contributed by atoms with Crippen LogP contribution in [0.4, 0.5) is 51.2 Å².